The summed E-state index contributed by atoms with van der Waals surface area (Å²) >= 11 is 0. The molecule has 7 nitrogen and oxygen atoms in total. The first kappa shape index (κ1) is 29.3. The third-order valence-corrected chi connectivity index (χ3v) is 7.64. The molecular formula is C27H38FN3O4S. The Balaban J connectivity index is 2.22. The maximum Gasteiger partial charge on any atom is 0.242 e. The van der Waals surface area contributed by atoms with Gasteiger partial charge in [0.2, 0.25) is 21.8 Å². The van der Waals surface area contributed by atoms with Crippen LogP contribution in [0.2, 0.25) is 0 Å². The van der Waals surface area contributed by atoms with Crippen molar-refractivity contribution in [1.82, 2.24) is 10.2 Å². The van der Waals surface area contributed by atoms with Crippen LogP contribution >= 0.6 is 0 Å². The lowest BCUT2D eigenvalue weighted by Crippen LogP contribution is -2.49. The number of anilines is 1. The minimum Gasteiger partial charge on any atom is -0.352 e. The Morgan fingerprint density at radius 1 is 1.06 bits per heavy atom. The number of carbonyl (C=O) groups is 2. The predicted octanol–water partition coefficient (Wildman–Crippen LogP) is 4.32. The second-order valence-electron chi connectivity index (χ2n) is 9.26. The molecule has 1 N–H and O–H groups in total. The van der Waals surface area contributed by atoms with Gasteiger partial charge in [-0.3, -0.25) is 13.9 Å². The molecule has 0 heterocycles. The zero-order chi connectivity index (χ0) is 27.0. The van der Waals surface area contributed by atoms with E-state index in [1.54, 1.807) is 37.3 Å². The van der Waals surface area contributed by atoms with Crippen LogP contribution < -0.4 is 9.62 Å². The lowest BCUT2D eigenvalue weighted by atomic mass is 10.1. The van der Waals surface area contributed by atoms with Gasteiger partial charge in [0.15, 0.2) is 0 Å². The summed E-state index contributed by atoms with van der Waals surface area (Å²) in [5, 5.41) is 2.88. The third-order valence-electron chi connectivity index (χ3n) is 6.46. The van der Waals surface area contributed by atoms with Gasteiger partial charge in [0.1, 0.15) is 11.9 Å². The summed E-state index contributed by atoms with van der Waals surface area (Å²) in [6.07, 6.45) is 2.13. The van der Waals surface area contributed by atoms with Gasteiger partial charge in [-0.15, -0.1) is 0 Å². The van der Waals surface area contributed by atoms with Crippen LogP contribution in [0.5, 0.6) is 0 Å². The summed E-state index contributed by atoms with van der Waals surface area (Å²) in [5.74, 6) is -1.12. The molecule has 0 aliphatic heterocycles. The van der Waals surface area contributed by atoms with Crippen molar-refractivity contribution in [3.05, 3.63) is 65.0 Å². The lowest BCUT2D eigenvalue weighted by Gasteiger charge is -2.30. The van der Waals surface area contributed by atoms with E-state index in [0.717, 1.165) is 23.8 Å². The second kappa shape index (κ2) is 12.9. The van der Waals surface area contributed by atoms with Crippen LogP contribution in [0.1, 0.15) is 56.7 Å². The summed E-state index contributed by atoms with van der Waals surface area (Å²) in [6, 6.07) is 10.7. The number of amides is 2. The number of sulfonamides is 1. The highest BCUT2D eigenvalue weighted by atomic mass is 32.2. The highest BCUT2D eigenvalue weighted by Gasteiger charge is 2.28. The van der Waals surface area contributed by atoms with Gasteiger partial charge in [-0.1, -0.05) is 37.3 Å². The van der Waals surface area contributed by atoms with E-state index in [1.807, 2.05) is 33.8 Å². The molecule has 2 atom stereocenters. The van der Waals surface area contributed by atoms with Gasteiger partial charge < -0.3 is 10.2 Å². The third kappa shape index (κ3) is 7.78. The molecule has 0 bridgehead atoms. The Labute approximate surface area is 214 Å². The zero-order valence-electron chi connectivity index (χ0n) is 22.0. The van der Waals surface area contributed by atoms with Crippen molar-refractivity contribution in [3.8, 4) is 0 Å². The molecule has 2 aromatic carbocycles. The normalized spacial score (nSPS) is 13.1. The Hall–Kier alpha value is -2.94. The number of hydrogen-bond acceptors (Lipinski definition) is 4. The van der Waals surface area contributed by atoms with E-state index in [-0.39, 0.29) is 43.8 Å². The smallest absolute Gasteiger partial charge is 0.242 e. The number of benzene rings is 2. The first-order valence-electron chi connectivity index (χ1n) is 12.2. The summed E-state index contributed by atoms with van der Waals surface area (Å²) in [5.41, 5.74) is 2.71. The monoisotopic (exact) mass is 519 g/mol. The molecule has 0 saturated heterocycles. The summed E-state index contributed by atoms with van der Waals surface area (Å²) in [4.78, 5) is 27.5. The number of halogens is 1. The molecule has 0 aliphatic carbocycles. The Morgan fingerprint density at radius 2 is 1.72 bits per heavy atom. The van der Waals surface area contributed by atoms with Gasteiger partial charge in [-0.2, -0.15) is 0 Å². The molecule has 0 radical (unpaired) electrons. The first-order chi connectivity index (χ1) is 16.9. The molecule has 2 rings (SSSR count). The summed E-state index contributed by atoms with van der Waals surface area (Å²) in [7, 11) is -3.58. The molecule has 0 fully saturated rings. The van der Waals surface area contributed by atoms with E-state index in [0.29, 0.717) is 11.3 Å². The predicted molar refractivity (Wildman–Crippen MR) is 142 cm³/mol. The molecule has 9 heteroatoms. The lowest BCUT2D eigenvalue weighted by molar-refractivity contribution is -0.141. The molecule has 0 aromatic heterocycles. The van der Waals surface area contributed by atoms with Crippen molar-refractivity contribution < 1.29 is 22.4 Å². The van der Waals surface area contributed by atoms with Crippen LogP contribution in [0.3, 0.4) is 0 Å². The van der Waals surface area contributed by atoms with Crippen LogP contribution in [-0.2, 0) is 26.2 Å². The van der Waals surface area contributed by atoms with Crippen molar-refractivity contribution >= 4 is 27.5 Å². The van der Waals surface area contributed by atoms with Crippen molar-refractivity contribution in [3.63, 3.8) is 0 Å². The quantitative estimate of drug-likeness (QED) is 0.453. The van der Waals surface area contributed by atoms with E-state index in [9.17, 15) is 22.4 Å². The van der Waals surface area contributed by atoms with Crippen molar-refractivity contribution in [2.24, 2.45) is 0 Å². The highest BCUT2D eigenvalue weighted by molar-refractivity contribution is 7.92. The number of nitrogens with zero attached hydrogens (tertiary/aromatic N) is 2. The molecular weight excluding hydrogens is 481 g/mol. The molecule has 0 spiro atoms. The Kier molecular flexibility index (Phi) is 10.5. The summed E-state index contributed by atoms with van der Waals surface area (Å²) in [6.45, 7) is 9.26. The Morgan fingerprint density at radius 3 is 2.33 bits per heavy atom. The van der Waals surface area contributed by atoms with Crippen LogP contribution in [0.25, 0.3) is 0 Å². The molecule has 0 unspecified atom stereocenters. The van der Waals surface area contributed by atoms with Gasteiger partial charge in [0.05, 0.1) is 11.9 Å². The minimum atomic E-state index is -3.58. The van der Waals surface area contributed by atoms with Crippen LogP contribution in [-0.4, -0.2) is 50.0 Å². The van der Waals surface area contributed by atoms with E-state index < -0.39 is 21.9 Å². The Bertz CT molecular complexity index is 1170. The van der Waals surface area contributed by atoms with E-state index in [1.165, 1.54) is 15.3 Å². The average molecular weight is 520 g/mol. The van der Waals surface area contributed by atoms with Crippen LogP contribution in [0.15, 0.2) is 42.5 Å². The molecule has 36 heavy (non-hydrogen) atoms. The first-order valence-corrected chi connectivity index (χ1v) is 14.1. The van der Waals surface area contributed by atoms with Crippen molar-refractivity contribution in [2.75, 3.05) is 17.1 Å². The average Bonchev–Trinajstić information content (AvgIpc) is 2.82. The van der Waals surface area contributed by atoms with Gasteiger partial charge in [0.25, 0.3) is 0 Å². The number of hydrogen-bond donors (Lipinski definition) is 1. The molecule has 198 valence electrons. The fraction of sp³-hybridized carbons (Fsp3) is 0.481. The molecule has 0 aliphatic rings. The second-order valence-corrected chi connectivity index (χ2v) is 11.2. The largest absolute Gasteiger partial charge is 0.352 e. The van der Waals surface area contributed by atoms with E-state index in [4.69, 9.17) is 0 Å². The number of nitrogens with one attached hydrogen (secondary N) is 1. The topological polar surface area (TPSA) is 86.8 Å². The zero-order valence-corrected chi connectivity index (χ0v) is 22.9. The number of rotatable bonds is 12. The molecule has 2 amide bonds. The van der Waals surface area contributed by atoms with E-state index in [2.05, 4.69) is 5.32 Å². The fourth-order valence-corrected chi connectivity index (χ4v) is 4.86. The minimum absolute atomic E-state index is 0.00624. The number of aryl methyl sites for hydroxylation is 1. The van der Waals surface area contributed by atoms with Gasteiger partial charge in [-0.05, 0) is 63.8 Å². The highest BCUT2D eigenvalue weighted by Crippen LogP contribution is 2.25. The number of carbonyl (C=O) groups excluding carboxylic acids is 2. The van der Waals surface area contributed by atoms with Gasteiger partial charge >= 0.3 is 0 Å². The van der Waals surface area contributed by atoms with Gasteiger partial charge in [0, 0.05) is 31.1 Å². The van der Waals surface area contributed by atoms with Crippen LogP contribution in [0, 0.1) is 19.7 Å². The maximum absolute atomic E-state index is 14.4. The SMILES string of the molecule is CC[C@H](C)NC(=O)[C@@H](C)N(Cc1ccccc1F)C(=O)CCCN(c1cccc(C)c1C)S(C)(=O)=O. The molecule has 2 aromatic rings. The van der Waals surface area contributed by atoms with E-state index >= 15 is 0 Å². The molecule has 0 saturated carbocycles. The maximum atomic E-state index is 14.4. The van der Waals surface area contributed by atoms with Crippen molar-refractivity contribution in [2.45, 2.75) is 72.5 Å². The van der Waals surface area contributed by atoms with Crippen LogP contribution in [0.4, 0.5) is 10.1 Å². The standard InChI is InChI=1S/C27H38FN3O4S/c1-7-20(3)29-27(33)22(5)30(18-23-13-8-9-14-24(23)28)26(32)16-11-17-31(36(6,34)35)25-15-10-12-19(2)21(25)4/h8-10,12-15,20,22H,7,11,16-18H2,1-6H3,(H,29,33)/t20-,22+/m0/s1. The van der Waals surface area contributed by atoms with Gasteiger partial charge in [-0.25, -0.2) is 12.8 Å². The van der Waals surface area contributed by atoms with Crippen molar-refractivity contribution in [1.29, 1.82) is 0 Å². The summed E-state index contributed by atoms with van der Waals surface area (Å²) < 4.78 is 40.8. The fourth-order valence-electron chi connectivity index (χ4n) is 3.85.